The van der Waals surface area contributed by atoms with Crippen molar-refractivity contribution in [2.75, 3.05) is 4.72 Å². The molecule has 0 fully saturated rings. The summed E-state index contributed by atoms with van der Waals surface area (Å²) in [6, 6.07) is 16.7. The number of halogens is 2. The Bertz CT molecular complexity index is 1200. The second kappa shape index (κ2) is 9.06. The summed E-state index contributed by atoms with van der Waals surface area (Å²) in [6.45, 7) is 0. The predicted molar refractivity (Wildman–Crippen MR) is 113 cm³/mol. The van der Waals surface area contributed by atoms with Gasteiger partial charge in [0.05, 0.1) is 10.5 Å². The van der Waals surface area contributed by atoms with Crippen LogP contribution in [-0.2, 0) is 10.0 Å². The molecule has 154 valence electrons. The minimum Gasteiger partial charge on any atom is -0.280 e. The first-order valence-corrected chi connectivity index (χ1v) is 10.8. The van der Waals surface area contributed by atoms with Crippen LogP contribution in [0.3, 0.4) is 0 Å². The van der Waals surface area contributed by atoms with Gasteiger partial charge >= 0.3 is 0 Å². The number of nitrogens with one attached hydrogen (secondary N) is 3. The highest BCUT2D eigenvalue weighted by atomic mass is 79.9. The summed E-state index contributed by atoms with van der Waals surface area (Å²) in [5, 5.41) is 0. The monoisotopic (exact) mass is 491 g/mol. The maximum Gasteiger partial charge on any atom is 0.270 e. The summed E-state index contributed by atoms with van der Waals surface area (Å²) in [6.07, 6.45) is 0. The minimum atomic E-state index is -4.01. The molecule has 0 spiro atoms. The Labute approximate surface area is 180 Å². The highest BCUT2D eigenvalue weighted by Gasteiger charge is 2.17. The van der Waals surface area contributed by atoms with E-state index in [9.17, 15) is 22.4 Å². The van der Waals surface area contributed by atoms with Gasteiger partial charge in [-0.2, -0.15) is 0 Å². The lowest BCUT2D eigenvalue weighted by atomic mass is 10.2. The van der Waals surface area contributed by atoms with Crippen molar-refractivity contribution in [3.63, 3.8) is 0 Å². The molecule has 0 unspecified atom stereocenters. The third kappa shape index (κ3) is 5.22. The summed E-state index contributed by atoms with van der Waals surface area (Å²) in [7, 11) is -4.01. The van der Waals surface area contributed by atoms with Gasteiger partial charge in [0, 0.05) is 15.7 Å². The fourth-order valence-electron chi connectivity index (χ4n) is 2.43. The highest BCUT2D eigenvalue weighted by Crippen LogP contribution is 2.18. The van der Waals surface area contributed by atoms with E-state index in [2.05, 4.69) is 31.5 Å². The van der Waals surface area contributed by atoms with Gasteiger partial charge in [-0.15, -0.1) is 0 Å². The molecule has 0 saturated heterocycles. The van der Waals surface area contributed by atoms with Gasteiger partial charge in [0.15, 0.2) is 0 Å². The number of sulfonamides is 1. The van der Waals surface area contributed by atoms with E-state index >= 15 is 0 Å². The molecule has 0 aromatic heterocycles. The number of benzene rings is 3. The molecule has 0 saturated carbocycles. The zero-order valence-electron chi connectivity index (χ0n) is 15.2. The summed E-state index contributed by atoms with van der Waals surface area (Å²) in [4.78, 5) is 24.3. The number of carbonyl (C=O) groups excluding carboxylic acids is 2. The number of amides is 2. The van der Waals surface area contributed by atoms with Gasteiger partial charge in [-0.25, -0.2) is 12.8 Å². The number of hydrogen-bond acceptors (Lipinski definition) is 4. The van der Waals surface area contributed by atoms with Crippen molar-refractivity contribution in [3.05, 3.63) is 94.2 Å². The molecular formula is C20H15BrFN3O4S. The highest BCUT2D eigenvalue weighted by molar-refractivity contribution is 9.10. The number of carbonyl (C=O) groups is 2. The zero-order chi connectivity index (χ0) is 21.7. The Hall–Kier alpha value is -3.24. The second-order valence-electron chi connectivity index (χ2n) is 6.03. The molecule has 3 aromatic carbocycles. The summed E-state index contributed by atoms with van der Waals surface area (Å²) >= 11 is 3.24. The summed E-state index contributed by atoms with van der Waals surface area (Å²) in [5.74, 6) is -1.74. The molecule has 10 heteroatoms. The minimum absolute atomic E-state index is 0.0180. The fraction of sp³-hybridized carbons (Fsp3) is 0. The normalized spacial score (nSPS) is 10.9. The molecule has 0 radical (unpaired) electrons. The molecule has 30 heavy (non-hydrogen) atoms. The maximum absolute atomic E-state index is 13.0. The fourth-order valence-corrected chi connectivity index (χ4v) is 4.00. The van der Waals surface area contributed by atoms with E-state index in [-0.39, 0.29) is 16.1 Å². The van der Waals surface area contributed by atoms with Crippen LogP contribution in [0.2, 0.25) is 0 Å². The standard InChI is InChI=1S/C20H15BrFN3O4S/c21-18-7-2-1-6-17(18)20(27)24-23-19(26)13-4-3-5-16(12-13)30(28,29)25-15-10-8-14(22)9-11-15/h1-12,25H,(H,23,26)(H,24,27). The topological polar surface area (TPSA) is 104 Å². The zero-order valence-corrected chi connectivity index (χ0v) is 17.6. The van der Waals surface area contributed by atoms with Crippen LogP contribution in [0.15, 0.2) is 82.2 Å². The third-order valence-electron chi connectivity index (χ3n) is 3.91. The van der Waals surface area contributed by atoms with Crippen LogP contribution >= 0.6 is 15.9 Å². The van der Waals surface area contributed by atoms with Crippen molar-refractivity contribution in [1.29, 1.82) is 0 Å². The predicted octanol–water partition coefficient (Wildman–Crippen LogP) is 3.46. The molecule has 0 atom stereocenters. The lowest BCUT2D eigenvalue weighted by molar-refractivity contribution is 0.0846. The molecule has 0 bridgehead atoms. The molecular weight excluding hydrogens is 477 g/mol. The van der Waals surface area contributed by atoms with Crippen molar-refractivity contribution in [2.24, 2.45) is 0 Å². The Balaban J connectivity index is 1.71. The smallest absolute Gasteiger partial charge is 0.270 e. The molecule has 0 aliphatic heterocycles. The van der Waals surface area contributed by atoms with Gasteiger partial charge < -0.3 is 0 Å². The number of hydrazine groups is 1. The van der Waals surface area contributed by atoms with Gasteiger partial charge in [-0.3, -0.25) is 25.2 Å². The van der Waals surface area contributed by atoms with E-state index in [1.54, 1.807) is 24.3 Å². The van der Waals surface area contributed by atoms with Crippen LogP contribution in [0.25, 0.3) is 0 Å². The van der Waals surface area contributed by atoms with Crippen LogP contribution in [-0.4, -0.2) is 20.2 Å². The van der Waals surface area contributed by atoms with E-state index < -0.39 is 27.7 Å². The second-order valence-corrected chi connectivity index (χ2v) is 8.57. The van der Waals surface area contributed by atoms with E-state index in [4.69, 9.17) is 0 Å². The Morgan fingerprint density at radius 2 is 1.50 bits per heavy atom. The Kier molecular flexibility index (Phi) is 6.48. The van der Waals surface area contributed by atoms with E-state index in [0.29, 0.717) is 10.0 Å². The van der Waals surface area contributed by atoms with Crippen LogP contribution in [0.1, 0.15) is 20.7 Å². The first kappa shape index (κ1) is 21.5. The summed E-state index contributed by atoms with van der Waals surface area (Å²) in [5.41, 5.74) is 5.02. The average Bonchev–Trinajstić information content (AvgIpc) is 2.73. The van der Waals surface area contributed by atoms with Gasteiger partial charge in [0.1, 0.15) is 5.82 Å². The van der Waals surface area contributed by atoms with Gasteiger partial charge in [-0.1, -0.05) is 18.2 Å². The Morgan fingerprint density at radius 1 is 0.833 bits per heavy atom. The van der Waals surface area contributed by atoms with Crippen LogP contribution in [0.5, 0.6) is 0 Å². The molecule has 0 heterocycles. The lowest BCUT2D eigenvalue weighted by Gasteiger charge is -2.11. The van der Waals surface area contributed by atoms with Crippen LogP contribution < -0.4 is 15.6 Å². The van der Waals surface area contributed by atoms with Crippen molar-refractivity contribution >= 4 is 43.5 Å². The quantitative estimate of drug-likeness (QED) is 0.475. The molecule has 3 N–H and O–H groups in total. The van der Waals surface area contributed by atoms with Crippen LogP contribution in [0, 0.1) is 5.82 Å². The first-order valence-electron chi connectivity index (χ1n) is 8.50. The van der Waals surface area contributed by atoms with Crippen molar-refractivity contribution < 1.29 is 22.4 Å². The summed E-state index contributed by atoms with van der Waals surface area (Å²) < 4.78 is 40.9. The average molecular weight is 492 g/mol. The number of anilines is 1. The molecule has 3 aromatic rings. The largest absolute Gasteiger partial charge is 0.280 e. The van der Waals surface area contributed by atoms with E-state index in [1.165, 1.54) is 30.3 Å². The third-order valence-corrected chi connectivity index (χ3v) is 5.98. The molecule has 0 aliphatic rings. The van der Waals surface area contributed by atoms with Crippen LogP contribution in [0.4, 0.5) is 10.1 Å². The molecule has 0 aliphatic carbocycles. The molecule has 3 rings (SSSR count). The number of hydrogen-bond donors (Lipinski definition) is 3. The molecule has 7 nitrogen and oxygen atoms in total. The van der Waals surface area contributed by atoms with Gasteiger partial charge in [-0.05, 0) is 70.5 Å². The lowest BCUT2D eigenvalue weighted by Crippen LogP contribution is -2.41. The van der Waals surface area contributed by atoms with Crippen molar-refractivity contribution in [1.82, 2.24) is 10.9 Å². The first-order chi connectivity index (χ1) is 14.3. The van der Waals surface area contributed by atoms with Crippen molar-refractivity contribution in [2.45, 2.75) is 4.90 Å². The molecule has 2 amide bonds. The maximum atomic E-state index is 13.0. The van der Waals surface area contributed by atoms with Gasteiger partial charge in [0.2, 0.25) is 0 Å². The Morgan fingerprint density at radius 3 is 2.20 bits per heavy atom. The number of rotatable bonds is 5. The van der Waals surface area contributed by atoms with E-state index in [1.807, 2.05) is 0 Å². The SMILES string of the molecule is O=C(NNC(=O)c1ccccc1Br)c1cccc(S(=O)(=O)Nc2ccc(F)cc2)c1. The van der Waals surface area contributed by atoms with Crippen molar-refractivity contribution in [3.8, 4) is 0 Å². The van der Waals surface area contributed by atoms with E-state index in [0.717, 1.165) is 18.2 Å². The van der Waals surface area contributed by atoms with Gasteiger partial charge in [0.25, 0.3) is 21.8 Å².